The summed E-state index contributed by atoms with van der Waals surface area (Å²) in [5, 5.41) is 0. The summed E-state index contributed by atoms with van der Waals surface area (Å²) < 4.78 is 67.3. The molecule has 0 amide bonds. The van der Waals surface area contributed by atoms with Crippen molar-refractivity contribution in [2.75, 3.05) is 13.2 Å². The number of hydrogen-bond donors (Lipinski definition) is 0. The van der Waals surface area contributed by atoms with Crippen LogP contribution in [0.3, 0.4) is 0 Å². The van der Waals surface area contributed by atoms with E-state index in [0.717, 1.165) is 38.5 Å². The zero-order chi connectivity index (χ0) is 17.5. The maximum atomic E-state index is 9.89. The van der Waals surface area contributed by atoms with Gasteiger partial charge in [-0.15, -0.1) is 0 Å². The van der Waals surface area contributed by atoms with E-state index in [1.54, 1.807) is 0 Å². The standard InChI is InChI=1S/2C6H14O4S.Mg/c2*1-2-3-4-5-6-10-11(7,8)9;/h2*2-6H2,1H3,(H,7,8,9);/q;;+2/p-2. The summed E-state index contributed by atoms with van der Waals surface area (Å²) in [6, 6.07) is 0. The van der Waals surface area contributed by atoms with Crippen molar-refractivity contribution in [1.29, 1.82) is 0 Å². The van der Waals surface area contributed by atoms with Crippen LogP contribution in [0.4, 0.5) is 0 Å². The summed E-state index contributed by atoms with van der Waals surface area (Å²) in [5.74, 6) is 0. The van der Waals surface area contributed by atoms with E-state index in [1.807, 2.05) is 13.8 Å². The Labute approximate surface area is 156 Å². The number of unbranched alkanes of at least 4 members (excludes halogenated alkanes) is 6. The molecule has 0 unspecified atom stereocenters. The Balaban J connectivity index is -0.000000333. The summed E-state index contributed by atoms with van der Waals surface area (Å²) in [7, 11) is -8.92. The first-order chi connectivity index (χ1) is 10.1. The van der Waals surface area contributed by atoms with E-state index in [2.05, 4.69) is 8.37 Å². The monoisotopic (exact) mass is 386 g/mol. The third-order valence-corrected chi connectivity index (χ3v) is 3.36. The van der Waals surface area contributed by atoms with Crippen LogP contribution in [0.1, 0.15) is 65.2 Å². The summed E-state index contributed by atoms with van der Waals surface area (Å²) in [4.78, 5) is 0. The van der Waals surface area contributed by atoms with Gasteiger partial charge in [-0.25, -0.2) is 16.8 Å². The minimum atomic E-state index is -4.46. The minimum absolute atomic E-state index is 0. The van der Waals surface area contributed by atoms with Crippen LogP contribution >= 0.6 is 0 Å². The first kappa shape index (κ1) is 28.3. The molecule has 0 bridgehead atoms. The maximum absolute atomic E-state index is 9.89. The fourth-order valence-electron chi connectivity index (χ4n) is 1.38. The predicted molar refractivity (Wildman–Crippen MR) is 85.3 cm³/mol. The smallest absolute Gasteiger partial charge is 0.726 e. The van der Waals surface area contributed by atoms with Gasteiger partial charge in [-0.3, -0.25) is 8.37 Å². The fraction of sp³-hybridized carbons (Fsp3) is 1.00. The Morgan fingerprint density at radius 1 is 0.652 bits per heavy atom. The molecule has 0 rings (SSSR count). The summed E-state index contributed by atoms with van der Waals surface area (Å²) in [6.45, 7) is 4.13. The van der Waals surface area contributed by atoms with Crippen LogP contribution in [0.2, 0.25) is 0 Å². The molecule has 0 radical (unpaired) electrons. The van der Waals surface area contributed by atoms with Crippen molar-refractivity contribution >= 4 is 43.9 Å². The normalized spacial score (nSPS) is 11.3. The largest absolute Gasteiger partial charge is 2.00 e. The van der Waals surface area contributed by atoms with Crippen molar-refractivity contribution in [2.45, 2.75) is 65.2 Å². The average Bonchev–Trinajstić information content (AvgIpc) is 2.36. The molecule has 0 aliphatic rings. The summed E-state index contributed by atoms with van der Waals surface area (Å²) >= 11 is 0. The molecule has 8 nitrogen and oxygen atoms in total. The SMILES string of the molecule is CCCCCCOS(=O)(=O)[O-].CCCCCCOS(=O)(=O)[O-].[Mg+2]. The van der Waals surface area contributed by atoms with Gasteiger partial charge in [0.05, 0.1) is 13.2 Å². The molecule has 0 aromatic carbocycles. The Bertz CT molecular complexity index is 394. The second-order valence-corrected chi connectivity index (χ2v) is 6.69. The third-order valence-electron chi connectivity index (χ3n) is 2.45. The number of hydrogen-bond acceptors (Lipinski definition) is 8. The van der Waals surface area contributed by atoms with E-state index in [-0.39, 0.29) is 36.3 Å². The Kier molecular flexibility index (Phi) is 21.3. The van der Waals surface area contributed by atoms with E-state index in [0.29, 0.717) is 12.8 Å². The molecule has 0 heterocycles. The molecule has 0 fully saturated rings. The quantitative estimate of drug-likeness (QED) is 0.214. The molecule has 0 aliphatic carbocycles. The number of rotatable bonds is 12. The van der Waals surface area contributed by atoms with Gasteiger partial charge in [0, 0.05) is 0 Å². The second-order valence-electron chi connectivity index (χ2n) is 4.58. The molecule has 0 aliphatic heterocycles. The van der Waals surface area contributed by atoms with E-state index < -0.39 is 20.8 Å². The Morgan fingerprint density at radius 2 is 0.957 bits per heavy atom. The minimum Gasteiger partial charge on any atom is -0.726 e. The molecule has 0 aromatic rings. The van der Waals surface area contributed by atoms with Crippen molar-refractivity contribution in [1.82, 2.24) is 0 Å². The van der Waals surface area contributed by atoms with Gasteiger partial charge in [-0.1, -0.05) is 52.4 Å². The van der Waals surface area contributed by atoms with Gasteiger partial charge in [0.1, 0.15) is 0 Å². The first-order valence-corrected chi connectivity index (χ1v) is 9.99. The fourth-order valence-corrected chi connectivity index (χ4v) is 2.02. The van der Waals surface area contributed by atoms with Crippen LogP contribution in [0, 0.1) is 0 Å². The van der Waals surface area contributed by atoms with Crippen molar-refractivity contribution in [3.8, 4) is 0 Å². The van der Waals surface area contributed by atoms with Gasteiger partial charge in [-0.05, 0) is 12.8 Å². The van der Waals surface area contributed by atoms with Crippen LogP contribution in [0.15, 0.2) is 0 Å². The second kappa shape index (κ2) is 17.3. The van der Waals surface area contributed by atoms with Crippen LogP contribution in [0.25, 0.3) is 0 Å². The first-order valence-electron chi connectivity index (χ1n) is 7.32. The van der Waals surface area contributed by atoms with Gasteiger partial charge in [-0.2, -0.15) is 0 Å². The molecule has 0 spiro atoms. The summed E-state index contributed by atoms with van der Waals surface area (Å²) in [6.07, 6.45) is 7.32. The van der Waals surface area contributed by atoms with Gasteiger partial charge < -0.3 is 9.11 Å². The van der Waals surface area contributed by atoms with Gasteiger partial charge in [0.15, 0.2) is 0 Å². The van der Waals surface area contributed by atoms with Crippen LogP contribution in [-0.2, 0) is 29.2 Å². The zero-order valence-corrected chi connectivity index (χ0v) is 16.9. The van der Waals surface area contributed by atoms with E-state index >= 15 is 0 Å². The van der Waals surface area contributed by atoms with Crippen molar-refractivity contribution in [3.05, 3.63) is 0 Å². The van der Waals surface area contributed by atoms with Gasteiger partial charge in [0.25, 0.3) is 0 Å². The van der Waals surface area contributed by atoms with E-state index in [1.165, 1.54) is 0 Å². The van der Waals surface area contributed by atoms with Crippen LogP contribution in [0.5, 0.6) is 0 Å². The summed E-state index contributed by atoms with van der Waals surface area (Å²) in [5.41, 5.74) is 0. The van der Waals surface area contributed by atoms with Crippen LogP contribution < -0.4 is 0 Å². The van der Waals surface area contributed by atoms with E-state index in [9.17, 15) is 25.9 Å². The predicted octanol–water partition coefficient (Wildman–Crippen LogP) is 1.71. The van der Waals surface area contributed by atoms with Gasteiger partial charge in [0.2, 0.25) is 20.8 Å². The maximum Gasteiger partial charge on any atom is 2.00 e. The molecular formula is C12H26MgO8S2. The average molecular weight is 387 g/mol. The van der Waals surface area contributed by atoms with Crippen molar-refractivity contribution < 1.29 is 34.3 Å². The van der Waals surface area contributed by atoms with E-state index in [4.69, 9.17) is 0 Å². The van der Waals surface area contributed by atoms with Crippen molar-refractivity contribution in [3.63, 3.8) is 0 Å². The van der Waals surface area contributed by atoms with Gasteiger partial charge >= 0.3 is 23.1 Å². The molecule has 11 heteroatoms. The molecule has 0 saturated carbocycles. The molecule has 136 valence electrons. The van der Waals surface area contributed by atoms with Crippen molar-refractivity contribution in [2.24, 2.45) is 0 Å². The zero-order valence-electron chi connectivity index (χ0n) is 13.9. The topological polar surface area (TPSA) is 133 Å². The molecular weight excluding hydrogens is 361 g/mol. The molecule has 0 atom stereocenters. The molecule has 23 heavy (non-hydrogen) atoms. The Hall–Kier alpha value is 0.506. The third kappa shape index (κ3) is 34.7. The van der Waals surface area contributed by atoms with Crippen LogP contribution in [-0.4, -0.2) is 62.2 Å². The molecule has 0 aromatic heterocycles. The molecule has 0 saturated heterocycles. The molecule has 0 N–H and O–H groups in total. The Morgan fingerprint density at radius 3 is 1.17 bits per heavy atom.